The zero-order valence-corrected chi connectivity index (χ0v) is 5.52. The normalized spacial score (nSPS) is 18.0. The van der Waals surface area contributed by atoms with Gasteiger partial charge in [-0.25, -0.2) is 0 Å². The molecule has 0 fully saturated rings. The summed E-state index contributed by atoms with van der Waals surface area (Å²) in [7, 11) is 0. The van der Waals surface area contributed by atoms with Crippen molar-refractivity contribution in [3.63, 3.8) is 0 Å². The maximum Gasteiger partial charge on any atom is 0.0849 e. The highest BCUT2D eigenvalue weighted by Gasteiger charge is 2.16. The van der Waals surface area contributed by atoms with Gasteiger partial charge in [0.2, 0.25) is 0 Å². The van der Waals surface area contributed by atoms with E-state index in [9.17, 15) is 0 Å². The largest absolute Gasteiger partial charge is 0.393 e. The van der Waals surface area contributed by atoms with Crippen LogP contribution < -0.4 is 0 Å². The van der Waals surface area contributed by atoms with E-state index in [4.69, 9.17) is 10.2 Å². The van der Waals surface area contributed by atoms with Crippen LogP contribution in [-0.4, -0.2) is 22.4 Å². The lowest BCUT2D eigenvalue weighted by Gasteiger charge is -2.18. The maximum absolute atomic E-state index is 9.07. The van der Waals surface area contributed by atoms with Crippen molar-refractivity contribution in [1.82, 2.24) is 0 Å². The van der Waals surface area contributed by atoms with Gasteiger partial charge in [0, 0.05) is 0 Å². The first-order chi connectivity index (χ1) is 3.62. The third-order valence-electron chi connectivity index (χ3n) is 1.13. The summed E-state index contributed by atoms with van der Waals surface area (Å²) in [6.45, 7) is 3.47. The van der Waals surface area contributed by atoms with Crippen molar-refractivity contribution in [3.05, 3.63) is 0 Å². The van der Waals surface area contributed by atoms with Gasteiger partial charge in [-0.2, -0.15) is 0 Å². The number of rotatable bonds is 3. The Balaban J connectivity index is 3.37. The lowest BCUT2D eigenvalue weighted by atomic mass is 10.0. The van der Waals surface area contributed by atoms with Crippen LogP contribution in [0.15, 0.2) is 0 Å². The van der Waals surface area contributed by atoms with E-state index in [2.05, 4.69) is 0 Å². The van der Waals surface area contributed by atoms with Crippen molar-refractivity contribution >= 4 is 0 Å². The summed E-state index contributed by atoms with van der Waals surface area (Å²) in [4.78, 5) is 0. The molecule has 0 aliphatic carbocycles. The van der Waals surface area contributed by atoms with Crippen LogP contribution in [-0.2, 0) is 0 Å². The molecule has 0 saturated heterocycles. The average Bonchev–Trinajstić information content (AvgIpc) is 1.67. The van der Waals surface area contributed by atoms with Gasteiger partial charge in [0.05, 0.1) is 12.2 Å². The van der Waals surface area contributed by atoms with E-state index in [0.29, 0.717) is 6.42 Å². The number of hydrogen-bond donors (Lipinski definition) is 2. The van der Waals surface area contributed by atoms with E-state index in [0.717, 1.165) is 6.42 Å². The van der Waals surface area contributed by atoms with Gasteiger partial charge in [-0.3, -0.25) is 0 Å². The molecule has 8 heavy (non-hydrogen) atoms. The number of aliphatic hydroxyl groups excluding tert-OH is 1. The molecule has 50 valence electrons. The second-order valence-corrected chi connectivity index (χ2v) is 2.41. The SMILES string of the molecule is CCCC(C)(O)CO. The van der Waals surface area contributed by atoms with E-state index in [1.54, 1.807) is 6.92 Å². The topological polar surface area (TPSA) is 40.5 Å². The molecule has 0 saturated carbocycles. The molecule has 1 unspecified atom stereocenters. The van der Waals surface area contributed by atoms with Gasteiger partial charge >= 0.3 is 0 Å². The molecule has 0 heterocycles. The molecule has 0 aromatic rings. The molecule has 0 aromatic heterocycles. The highest BCUT2D eigenvalue weighted by Crippen LogP contribution is 2.08. The molecule has 0 rings (SSSR count). The molecule has 0 amide bonds. The van der Waals surface area contributed by atoms with E-state index in [-0.39, 0.29) is 6.61 Å². The van der Waals surface area contributed by atoms with Crippen LogP contribution in [0.25, 0.3) is 0 Å². The van der Waals surface area contributed by atoms with Crippen molar-refractivity contribution in [3.8, 4) is 0 Å². The maximum atomic E-state index is 9.07. The van der Waals surface area contributed by atoms with Crippen LogP contribution >= 0.6 is 0 Å². The van der Waals surface area contributed by atoms with E-state index in [1.807, 2.05) is 6.92 Å². The zero-order chi connectivity index (χ0) is 6.62. The second-order valence-electron chi connectivity index (χ2n) is 2.41. The lowest BCUT2D eigenvalue weighted by molar-refractivity contribution is -0.00551. The van der Waals surface area contributed by atoms with Gasteiger partial charge in [-0.15, -0.1) is 0 Å². The van der Waals surface area contributed by atoms with E-state index >= 15 is 0 Å². The quantitative estimate of drug-likeness (QED) is 0.567. The minimum atomic E-state index is -0.852. The Morgan fingerprint density at radius 1 is 1.50 bits per heavy atom. The Morgan fingerprint density at radius 2 is 2.00 bits per heavy atom. The van der Waals surface area contributed by atoms with Crippen molar-refractivity contribution in [2.24, 2.45) is 0 Å². The fourth-order valence-electron chi connectivity index (χ4n) is 0.618. The molecule has 0 radical (unpaired) electrons. The molecule has 1 atom stereocenters. The monoisotopic (exact) mass is 118 g/mol. The standard InChI is InChI=1S/C6H14O2/c1-3-4-6(2,8)5-7/h7-8H,3-5H2,1-2H3. The molecular weight excluding hydrogens is 104 g/mol. The van der Waals surface area contributed by atoms with Gasteiger partial charge in [0.25, 0.3) is 0 Å². The van der Waals surface area contributed by atoms with Crippen LogP contribution in [0.1, 0.15) is 26.7 Å². The Morgan fingerprint density at radius 3 is 2.12 bits per heavy atom. The molecule has 0 aliphatic rings. The summed E-state index contributed by atoms with van der Waals surface area (Å²) in [5, 5.41) is 17.5. The Hall–Kier alpha value is -0.0800. The van der Waals surface area contributed by atoms with Crippen LogP contribution in [0.4, 0.5) is 0 Å². The molecule has 2 heteroatoms. The molecule has 0 spiro atoms. The summed E-state index contributed by atoms with van der Waals surface area (Å²) in [5.41, 5.74) is -0.852. The van der Waals surface area contributed by atoms with Gasteiger partial charge < -0.3 is 10.2 Å². The smallest absolute Gasteiger partial charge is 0.0849 e. The Bertz CT molecular complexity index is 59.5. The fraction of sp³-hybridized carbons (Fsp3) is 1.00. The highest BCUT2D eigenvalue weighted by atomic mass is 16.3. The van der Waals surface area contributed by atoms with Crippen LogP contribution in [0, 0.1) is 0 Å². The van der Waals surface area contributed by atoms with Crippen molar-refractivity contribution in [2.45, 2.75) is 32.3 Å². The van der Waals surface area contributed by atoms with Crippen LogP contribution in [0.5, 0.6) is 0 Å². The predicted octanol–water partition coefficient (Wildman–Crippen LogP) is 0.530. The summed E-state index contributed by atoms with van der Waals surface area (Å²) >= 11 is 0. The van der Waals surface area contributed by atoms with Crippen molar-refractivity contribution < 1.29 is 10.2 Å². The first-order valence-electron chi connectivity index (χ1n) is 2.95. The summed E-state index contributed by atoms with van der Waals surface area (Å²) in [6.07, 6.45) is 1.58. The second kappa shape index (κ2) is 3.05. The minimum absolute atomic E-state index is 0.138. The zero-order valence-electron chi connectivity index (χ0n) is 5.52. The number of hydrogen-bond acceptors (Lipinski definition) is 2. The molecule has 0 aromatic carbocycles. The summed E-state index contributed by atoms with van der Waals surface area (Å²) in [5.74, 6) is 0. The van der Waals surface area contributed by atoms with Gasteiger partial charge in [0.15, 0.2) is 0 Å². The van der Waals surface area contributed by atoms with Crippen molar-refractivity contribution in [2.75, 3.05) is 6.61 Å². The third-order valence-corrected chi connectivity index (χ3v) is 1.13. The molecular formula is C6H14O2. The Kier molecular flexibility index (Phi) is 3.02. The van der Waals surface area contributed by atoms with Crippen molar-refractivity contribution in [1.29, 1.82) is 0 Å². The minimum Gasteiger partial charge on any atom is -0.393 e. The van der Waals surface area contributed by atoms with E-state index in [1.165, 1.54) is 0 Å². The van der Waals surface area contributed by atoms with Gasteiger partial charge in [-0.1, -0.05) is 13.3 Å². The fourth-order valence-corrected chi connectivity index (χ4v) is 0.618. The first kappa shape index (κ1) is 7.92. The average molecular weight is 118 g/mol. The van der Waals surface area contributed by atoms with Crippen LogP contribution in [0.3, 0.4) is 0 Å². The summed E-state index contributed by atoms with van der Waals surface area (Å²) < 4.78 is 0. The number of aliphatic hydroxyl groups is 2. The lowest BCUT2D eigenvalue weighted by Crippen LogP contribution is -2.28. The molecule has 2 N–H and O–H groups in total. The summed E-state index contributed by atoms with van der Waals surface area (Å²) in [6, 6.07) is 0. The molecule has 0 bridgehead atoms. The first-order valence-corrected chi connectivity index (χ1v) is 2.95. The van der Waals surface area contributed by atoms with E-state index < -0.39 is 5.60 Å². The van der Waals surface area contributed by atoms with Gasteiger partial charge in [0.1, 0.15) is 0 Å². The third kappa shape index (κ3) is 2.99. The Labute approximate surface area is 50.2 Å². The highest BCUT2D eigenvalue weighted by molar-refractivity contribution is 4.68. The van der Waals surface area contributed by atoms with Crippen LogP contribution in [0.2, 0.25) is 0 Å². The molecule has 0 aliphatic heterocycles. The van der Waals surface area contributed by atoms with Gasteiger partial charge in [-0.05, 0) is 13.3 Å². The predicted molar refractivity (Wildman–Crippen MR) is 32.6 cm³/mol. The molecule has 2 nitrogen and oxygen atoms in total.